The average molecular weight is 260 g/mol. The summed E-state index contributed by atoms with van der Waals surface area (Å²) in [5.41, 5.74) is 0. The number of carbonyl (C=O) groups excluding carboxylic acids is 1. The van der Waals surface area contributed by atoms with Gasteiger partial charge >= 0.3 is 6.03 Å². The van der Waals surface area contributed by atoms with Crippen molar-refractivity contribution in [2.75, 3.05) is 18.6 Å². The molecule has 0 aromatic heterocycles. The molecule has 1 rings (SSSR count). The Kier molecular flexibility index (Phi) is 6.73. The molecule has 17 heavy (non-hydrogen) atoms. The fraction of sp³-hybridized carbons (Fsp3) is 0.917. The van der Waals surface area contributed by atoms with Gasteiger partial charge in [-0.1, -0.05) is 6.42 Å². The van der Waals surface area contributed by atoms with Crippen LogP contribution in [0.4, 0.5) is 4.79 Å². The SMILES string of the molecule is CSCC(CCO)NC(=O)NC(C)C1CCC1. The van der Waals surface area contributed by atoms with Crippen molar-refractivity contribution in [3.63, 3.8) is 0 Å². The smallest absolute Gasteiger partial charge is 0.315 e. The molecule has 2 atom stereocenters. The third-order valence-electron chi connectivity index (χ3n) is 3.40. The molecule has 1 aliphatic rings. The number of thioether (sulfide) groups is 1. The van der Waals surface area contributed by atoms with E-state index < -0.39 is 0 Å². The summed E-state index contributed by atoms with van der Waals surface area (Å²) in [7, 11) is 0. The Bertz CT molecular complexity index is 229. The molecule has 0 radical (unpaired) electrons. The number of nitrogens with one attached hydrogen (secondary N) is 2. The van der Waals surface area contributed by atoms with Crippen molar-refractivity contribution in [2.45, 2.75) is 44.7 Å². The Morgan fingerprint density at radius 1 is 1.47 bits per heavy atom. The number of hydrogen-bond acceptors (Lipinski definition) is 3. The molecule has 100 valence electrons. The van der Waals surface area contributed by atoms with Crippen molar-refractivity contribution < 1.29 is 9.90 Å². The topological polar surface area (TPSA) is 61.4 Å². The Morgan fingerprint density at radius 2 is 2.18 bits per heavy atom. The summed E-state index contributed by atoms with van der Waals surface area (Å²) in [6.45, 7) is 2.18. The van der Waals surface area contributed by atoms with E-state index in [4.69, 9.17) is 5.11 Å². The molecule has 0 saturated heterocycles. The van der Waals surface area contributed by atoms with E-state index >= 15 is 0 Å². The van der Waals surface area contributed by atoms with Crippen molar-refractivity contribution in [3.05, 3.63) is 0 Å². The van der Waals surface area contributed by atoms with E-state index in [0.29, 0.717) is 12.3 Å². The van der Waals surface area contributed by atoms with Crippen LogP contribution >= 0.6 is 11.8 Å². The van der Waals surface area contributed by atoms with Crippen molar-refractivity contribution in [3.8, 4) is 0 Å². The third-order valence-corrected chi connectivity index (χ3v) is 4.13. The van der Waals surface area contributed by atoms with E-state index in [1.54, 1.807) is 11.8 Å². The highest BCUT2D eigenvalue weighted by Crippen LogP contribution is 2.29. The number of rotatable bonds is 7. The number of hydrogen-bond donors (Lipinski definition) is 3. The molecule has 5 heteroatoms. The Morgan fingerprint density at radius 3 is 2.65 bits per heavy atom. The van der Waals surface area contributed by atoms with Crippen LogP contribution in [0.2, 0.25) is 0 Å². The maximum Gasteiger partial charge on any atom is 0.315 e. The lowest BCUT2D eigenvalue weighted by Crippen LogP contribution is -2.49. The van der Waals surface area contributed by atoms with Gasteiger partial charge in [0, 0.05) is 24.4 Å². The zero-order chi connectivity index (χ0) is 12.7. The van der Waals surface area contributed by atoms with E-state index in [2.05, 4.69) is 17.6 Å². The Hall–Kier alpha value is -0.420. The molecule has 0 heterocycles. The zero-order valence-corrected chi connectivity index (χ0v) is 11.6. The first-order chi connectivity index (χ1) is 8.17. The second-order valence-electron chi connectivity index (χ2n) is 4.76. The van der Waals surface area contributed by atoms with Crippen LogP contribution in [-0.2, 0) is 0 Å². The van der Waals surface area contributed by atoms with Gasteiger partial charge in [-0.2, -0.15) is 11.8 Å². The highest BCUT2D eigenvalue weighted by atomic mass is 32.2. The first-order valence-corrected chi connectivity index (χ1v) is 7.73. The minimum Gasteiger partial charge on any atom is -0.396 e. The lowest BCUT2D eigenvalue weighted by Gasteiger charge is -2.32. The van der Waals surface area contributed by atoms with Crippen LogP contribution in [0.1, 0.15) is 32.6 Å². The number of aliphatic hydroxyl groups excluding tert-OH is 1. The van der Waals surface area contributed by atoms with E-state index in [9.17, 15) is 4.79 Å². The molecule has 0 bridgehead atoms. The first kappa shape index (κ1) is 14.6. The first-order valence-electron chi connectivity index (χ1n) is 6.34. The number of aliphatic hydroxyl groups is 1. The predicted molar refractivity (Wildman–Crippen MR) is 72.3 cm³/mol. The molecule has 2 unspecified atom stereocenters. The zero-order valence-electron chi connectivity index (χ0n) is 10.7. The summed E-state index contributed by atoms with van der Waals surface area (Å²) in [6.07, 6.45) is 6.36. The number of carbonyl (C=O) groups is 1. The molecule has 4 nitrogen and oxygen atoms in total. The van der Waals surface area contributed by atoms with Crippen LogP contribution in [0.3, 0.4) is 0 Å². The summed E-state index contributed by atoms with van der Waals surface area (Å²) < 4.78 is 0. The van der Waals surface area contributed by atoms with Crippen molar-refractivity contribution in [1.29, 1.82) is 0 Å². The van der Waals surface area contributed by atoms with E-state index in [1.807, 2.05) is 6.26 Å². The van der Waals surface area contributed by atoms with Crippen LogP contribution in [0, 0.1) is 5.92 Å². The summed E-state index contributed by atoms with van der Waals surface area (Å²) >= 11 is 1.68. The molecule has 1 aliphatic carbocycles. The summed E-state index contributed by atoms with van der Waals surface area (Å²) in [4.78, 5) is 11.7. The van der Waals surface area contributed by atoms with Gasteiger partial charge in [0.25, 0.3) is 0 Å². The largest absolute Gasteiger partial charge is 0.396 e. The van der Waals surface area contributed by atoms with Crippen LogP contribution in [0.25, 0.3) is 0 Å². The molecule has 3 N–H and O–H groups in total. The molecule has 0 spiro atoms. The van der Waals surface area contributed by atoms with Gasteiger partial charge < -0.3 is 15.7 Å². The van der Waals surface area contributed by atoms with Gasteiger partial charge in [0.1, 0.15) is 0 Å². The molecule has 0 aromatic carbocycles. The van der Waals surface area contributed by atoms with Crippen molar-refractivity contribution in [2.24, 2.45) is 5.92 Å². The van der Waals surface area contributed by atoms with Gasteiger partial charge in [-0.15, -0.1) is 0 Å². The Balaban J connectivity index is 2.25. The second kappa shape index (κ2) is 7.82. The van der Waals surface area contributed by atoms with Crippen LogP contribution in [-0.4, -0.2) is 41.8 Å². The van der Waals surface area contributed by atoms with Crippen molar-refractivity contribution >= 4 is 17.8 Å². The molecule has 0 aliphatic heterocycles. The van der Waals surface area contributed by atoms with Gasteiger partial charge in [0.15, 0.2) is 0 Å². The number of amides is 2. The monoisotopic (exact) mass is 260 g/mol. The highest BCUT2D eigenvalue weighted by molar-refractivity contribution is 7.98. The van der Waals surface area contributed by atoms with Gasteiger partial charge in [0.2, 0.25) is 0 Å². The molecule has 0 aromatic rings. The van der Waals surface area contributed by atoms with Gasteiger partial charge in [-0.25, -0.2) is 4.79 Å². The average Bonchev–Trinajstić information content (AvgIpc) is 2.14. The normalized spacial score (nSPS) is 19.2. The van der Waals surface area contributed by atoms with Gasteiger partial charge in [-0.05, 0) is 38.4 Å². The van der Waals surface area contributed by atoms with Crippen LogP contribution in [0.5, 0.6) is 0 Å². The summed E-state index contributed by atoms with van der Waals surface area (Å²) in [5, 5.41) is 14.8. The molecule has 1 fully saturated rings. The minimum absolute atomic E-state index is 0.0589. The lowest BCUT2D eigenvalue weighted by atomic mass is 9.80. The quantitative estimate of drug-likeness (QED) is 0.651. The highest BCUT2D eigenvalue weighted by Gasteiger charge is 2.25. The van der Waals surface area contributed by atoms with E-state index in [-0.39, 0.29) is 24.7 Å². The number of urea groups is 1. The molecule has 1 saturated carbocycles. The standard InChI is InChI=1S/C12H24N2O2S/c1-9(10-4-3-5-10)13-12(16)14-11(6-7-15)8-17-2/h9-11,15H,3-8H2,1-2H3,(H2,13,14,16). The van der Waals surface area contributed by atoms with Gasteiger partial charge in [-0.3, -0.25) is 0 Å². The Labute approximate surface area is 108 Å². The maximum atomic E-state index is 11.7. The second-order valence-corrected chi connectivity index (χ2v) is 5.67. The van der Waals surface area contributed by atoms with Gasteiger partial charge in [0.05, 0.1) is 0 Å². The van der Waals surface area contributed by atoms with Crippen LogP contribution < -0.4 is 10.6 Å². The lowest BCUT2D eigenvalue weighted by molar-refractivity contribution is 0.208. The van der Waals surface area contributed by atoms with Crippen LogP contribution in [0.15, 0.2) is 0 Å². The minimum atomic E-state index is -0.100. The summed E-state index contributed by atoms with van der Waals surface area (Å²) in [5.74, 6) is 1.49. The molecular weight excluding hydrogens is 236 g/mol. The predicted octanol–water partition coefficient (Wildman–Crippen LogP) is 1.59. The fourth-order valence-corrected chi connectivity index (χ4v) is 2.70. The maximum absolute atomic E-state index is 11.7. The van der Waals surface area contributed by atoms with E-state index in [0.717, 1.165) is 5.75 Å². The fourth-order valence-electron chi connectivity index (χ4n) is 2.05. The molecular formula is C12H24N2O2S. The van der Waals surface area contributed by atoms with E-state index in [1.165, 1.54) is 19.3 Å². The molecule has 2 amide bonds. The third kappa shape index (κ3) is 5.17. The summed E-state index contributed by atoms with van der Waals surface area (Å²) in [6, 6.07) is 0.216. The van der Waals surface area contributed by atoms with Crippen molar-refractivity contribution in [1.82, 2.24) is 10.6 Å².